The first-order chi connectivity index (χ1) is 14.7. The first-order valence-corrected chi connectivity index (χ1v) is 10.1. The molecular weight excluding hydrogens is 380 g/mol. The maximum Gasteiger partial charge on any atom is 0.223 e. The fraction of sp³-hybridized carbons (Fsp3) is 0.333. The van der Waals surface area contributed by atoms with Crippen LogP contribution in [0.3, 0.4) is 0 Å². The first kappa shape index (κ1) is 18.6. The second-order valence-electron chi connectivity index (χ2n) is 7.61. The van der Waals surface area contributed by atoms with Gasteiger partial charge in [-0.25, -0.2) is 9.97 Å². The van der Waals surface area contributed by atoms with Crippen molar-refractivity contribution in [1.29, 1.82) is 0 Å². The molecule has 0 atom stereocenters. The number of aromatic nitrogens is 5. The minimum atomic E-state index is 0.316. The van der Waals surface area contributed by atoms with E-state index in [1.807, 2.05) is 24.5 Å². The molecule has 4 aromatic rings. The number of nitrogens with two attached hydrogens (primary N) is 1. The van der Waals surface area contributed by atoms with E-state index in [2.05, 4.69) is 49.0 Å². The normalized spacial score (nSPS) is 15.6. The number of hydrogen-bond acceptors (Lipinski definition) is 8. The molecule has 0 saturated carbocycles. The fourth-order valence-electron chi connectivity index (χ4n) is 4.05. The average molecular weight is 404 g/mol. The number of rotatable bonds is 5. The van der Waals surface area contributed by atoms with Crippen molar-refractivity contribution in [1.82, 2.24) is 29.5 Å². The van der Waals surface area contributed by atoms with Gasteiger partial charge in [0.15, 0.2) is 11.4 Å². The highest BCUT2D eigenvalue weighted by Crippen LogP contribution is 2.24. The van der Waals surface area contributed by atoms with Gasteiger partial charge in [-0.2, -0.15) is 4.52 Å². The molecule has 5 heterocycles. The van der Waals surface area contributed by atoms with Crippen molar-refractivity contribution in [2.75, 3.05) is 30.8 Å². The molecule has 1 aliphatic heterocycles. The van der Waals surface area contributed by atoms with Crippen molar-refractivity contribution in [3.8, 4) is 11.6 Å². The van der Waals surface area contributed by atoms with Crippen LogP contribution < -0.4 is 10.6 Å². The summed E-state index contributed by atoms with van der Waals surface area (Å²) >= 11 is 0. The molecule has 0 aliphatic carbocycles. The van der Waals surface area contributed by atoms with Crippen LogP contribution in [0.25, 0.3) is 17.2 Å². The third-order valence-corrected chi connectivity index (χ3v) is 5.77. The minimum absolute atomic E-state index is 0.316. The van der Waals surface area contributed by atoms with Crippen molar-refractivity contribution >= 4 is 17.3 Å². The monoisotopic (exact) mass is 404 g/mol. The second-order valence-corrected chi connectivity index (χ2v) is 7.61. The molecule has 0 bridgehead atoms. The molecule has 0 amide bonds. The molecule has 9 heteroatoms. The van der Waals surface area contributed by atoms with Gasteiger partial charge in [0.05, 0.1) is 6.26 Å². The van der Waals surface area contributed by atoms with E-state index < -0.39 is 0 Å². The Morgan fingerprint density at radius 2 is 2.00 bits per heavy atom. The van der Waals surface area contributed by atoms with Crippen LogP contribution in [0.2, 0.25) is 0 Å². The number of anilines is 2. The number of hydrogen-bond donors (Lipinski definition) is 1. The van der Waals surface area contributed by atoms with Gasteiger partial charge in [0.1, 0.15) is 0 Å². The highest BCUT2D eigenvalue weighted by atomic mass is 16.3. The number of furan rings is 1. The highest BCUT2D eigenvalue weighted by Gasteiger charge is 2.24. The first-order valence-electron chi connectivity index (χ1n) is 10.1. The van der Waals surface area contributed by atoms with Crippen LogP contribution in [0, 0.1) is 0 Å². The predicted molar refractivity (Wildman–Crippen MR) is 114 cm³/mol. The Morgan fingerprint density at radius 3 is 2.73 bits per heavy atom. The van der Waals surface area contributed by atoms with E-state index in [0.29, 0.717) is 23.6 Å². The third-order valence-electron chi connectivity index (χ3n) is 5.77. The molecule has 0 spiro atoms. The number of nitrogens with zero attached hydrogens (tertiary/aromatic N) is 7. The summed E-state index contributed by atoms with van der Waals surface area (Å²) in [6.45, 7) is 2.78. The number of piperidine rings is 1. The van der Waals surface area contributed by atoms with Gasteiger partial charge in [0, 0.05) is 62.6 Å². The SMILES string of the molecule is CN(c1ccncc1)C1CCN(Cc2cnc(N)n3nc(-c4ccco4)nc23)CC1. The maximum atomic E-state index is 6.03. The Labute approximate surface area is 174 Å². The van der Waals surface area contributed by atoms with Gasteiger partial charge >= 0.3 is 0 Å². The molecule has 9 nitrogen and oxygen atoms in total. The summed E-state index contributed by atoms with van der Waals surface area (Å²) in [5, 5.41) is 4.47. The number of pyridine rings is 1. The molecule has 154 valence electrons. The van der Waals surface area contributed by atoms with Gasteiger partial charge in [-0.15, -0.1) is 5.10 Å². The molecule has 4 aromatic heterocycles. The van der Waals surface area contributed by atoms with E-state index in [-0.39, 0.29) is 0 Å². The molecule has 1 fully saturated rings. The lowest BCUT2D eigenvalue weighted by atomic mass is 10.0. The summed E-state index contributed by atoms with van der Waals surface area (Å²) in [6, 6.07) is 8.29. The van der Waals surface area contributed by atoms with Crippen LogP contribution in [-0.2, 0) is 6.54 Å². The molecule has 1 saturated heterocycles. The van der Waals surface area contributed by atoms with Crippen LogP contribution in [0.5, 0.6) is 0 Å². The summed E-state index contributed by atoms with van der Waals surface area (Å²) in [6.07, 6.45) is 9.30. The van der Waals surface area contributed by atoms with Gasteiger partial charge in [0.25, 0.3) is 0 Å². The Kier molecular flexibility index (Phi) is 4.80. The summed E-state index contributed by atoms with van der Waals surface area (Å²) < 4.78 is 7.03. The van der Waals surface area contributed by atoms with Crippen LogP contribution in [-0.4, -0.2) is 55.6 Å². The molecule has 2 N–H and O–H groups in total. The van der Waals surface area contributed by atoms with Crippen molar-refractivity contribution < 1.29 is 4.42 Å². The quantitative estimate of drug-likeness (QED) is 0.541. The van der Waals surface area contributed by atoms with E-state index in [1.165, 1.54) is 5.69 Å². The summed E-state index contributed by atoms with van der Waals surface area (Å²) in [5.74, 6) is 1.44. The van der Waals surface area contributed by atoms with E-state index in [4.69, 9.17) is 10.2 Å². The van der Waals surface area contributed by atoms with Gasteiger partial charge in [-0.3, -0.25) is 9.88 Å². The average Bonchev–Trinajstić information content (AvgIpc) is 3.47. The molecule has 0 unspecified atom stereocenters. The van der Waals surface area contributed by atoms with E-state index in [1.54, 1.807) is 17.0 Å². The zero-order valence-corrected chi connectivity index (χ0v) is 16.8. The van der Waals surface area contributed by atoms with Crippen molar-refractivity contribution in [3.63, 3.8) is 0 Å². The molecule has 0 radical (unpaired) electrons. The van der Waals surface area contributed by atoms with E-state index >= 15 is 0 Å². The van der Waals surface area contributed by atoms with Gasteiger partial charge in [-0.05, 0) is 37.1 Å². The molecular formula is C21H24N8O. The lowest BCUT2D eigenvalue weighted by molar-refractivity contribution is 0.203. The topological polar surface area (TPSA) is 102 Å². The van der Waals surface area contributed by atoms with Gasteiger partial charge < -0.3 is 15.1 Å². The predicted octanol–water partition coefficient (Wildman–Crippen LogP) is 2.46. The smallest absolute Gasteiger partial charge is 0.223 e. The standard InChI is InChI=1S/C21H24N8O/c1-27(16-4-8-23-9-5-16)17-6-10-28(11-7-17)14-15-13-24-21(22)29-20(15)25-19(26-29)18-3-2-12-30-18/h2-5,8-9,12-13,17H,6-7,10-11,14H2,1H3,(H2,22,24). The number of fused-ring (bicyclic) bond motifs is 1. The number of likely N-dealkylation sites (tertiary alicyclic amines) is 1. The van der Waals surface area contributed by atoms with Crippen LogP contribution in [0.1, 0.15) is 18.4 Å². The highest BCUT2D eigenvalue weighted by molar-refractivity contribution is 5.57. The van der Waals surface area contributed by atoms with E-state index in [9.17, 15) is 0 Å². The van der Waals surface area contributed by atoms with Crippen LogP contribution in [0.15, 0.2) is 53.5 Å². The Balaban J connectivity index is 1.30. The lowest BCUT2D eigenvalue weighted by Crippen LogP contribution is -2.43. The van der Waals surface area contributed by atoms with Crippen molar-refractivity contribution in [3.05, 3.63) is 54.7 Å². The third kappa shape index (κ3) is 3.48. The molecule has 30 heavy (non-hydrogen) atoms. The zero-order chi connectivity index (χ0) is 20.5. The number of nitrogen functional groups attached to an aromatic ring is 1. The fourth-order valence-corrected chi connectivity index (χ4v) is 4.05. The largest absolute Gasteiger partial charge is 0.461 e. The van der Waals surface area contributed by atoms with Crippen LogP contribution in [0.4, 0.5) is 11.6 Å². The summed E-state index contributed by atoms with van der Waals surface area (Å²) in [7, 11) is 2.16. The minimum Gasteiger partial charge on any atom is -0.461 e. The Hall–Kier alpha value is -3.46. The zero-order valence-electron chi connectivity index (χ0n) is 16.8. The molecule has 0 aromatic carbocycles. The van der Waals surface area contributed by atoms with E-state index in [0.717, 1.165) is 43.7 Å². The Bertz CT molecular complexity index is 1120. The lowest BCUT2D eigenvalue weighted by Gasteiger charge is -2.37. The summed E-state index contributed by atoms with van der Waals surface area (Å²) in [4.78, 5) is 17.9. The molecule has 5 rings (SSSR count). The van der Waals surface area contributed by atoms with Crippen LogP contribution >= 0.6 is 0 Å². The summed E-state index contributed by atoms with van der Waals surface area (Å²) in [5.41, 5.74) is 8.97. The molecule has 1 aliphatic rings. The van der Waals surface area contributed by atoms with Gasteiger partial charge in [0.2, 0.25) is 11.8 Å². The van der Waals surface area contributed by atoms with Gasteiger partial charge in [-0.1, -0.05) is 0 Å². The van der Waals surface area contributed by atoms with Crippen molar-refractivity contribution in [2.24, 2.45) is 0 Å². The van der Waals surface area contributed by atoms with Crippen molar-refractivity contribution in [2.45, 2.75) is 25.4 Å². The second kappa shape index (κ2) is 7.75. The Morgan fingerprint density at radius 1 is 1.20 bits per heavy atom. The maximum absolute atomic E-state index is 6.03.